The summed E-state index contributed by atoms with van der Waals surface area (Å²) in [6.45, 7) is 0. The van der Waals surface area contributed by atoms with E-state index in [1.807, 2.05) is 0 Å². The van der Waals surface area contributed by atoms with Crippen molar-refractivity contribution in [1.82, 2.24) is 0 Å². The van der Waals surface area contributed by atoms with E-state index in [2.05, 4.69) is 0 Å². The smallest absolute Gasteiger partial charge is 0.185 e. The molecule has 0 fully saturated rings. The van der Waals surface area contributed by atoms with E-state index in [9.17, 15) is 17.2 Å². The molecule has 2 rings (SSSR count). The van der Waals surface area contributed by atoms with E-state index in [-0.39, 0.29) is 11.3 Å². The van der Waals surface area contributed by atoms with E-state index in [1.54, 1.807) is 0 Å². The maximum Gasteiger partial charge on any atom is 0.185 e. The Morgan fingerprint density at radius 2 is 1.80 bits per heavy atom. The van der Waals surface area contributed by atoms with Crippen LogP contribution in [0.25, 0.3) is 0 Å². The van der Waals surface area contributed by atoms with Crippen LogP contribution in [0.2, 0.25) is 5.02 Å². The third-order valence-electron chi connectivity index (χ3n) is 2.68. The molecular formula is C13H10ClF2NO2S. The average molecular weight is 318 g/mol. The molecule has 0 spiro atoms. The zero-order valence-electron chi connectivity index (χ0n) is 10.1. The number of halogens is 3. The lowest BCUT2D eigenvalue weighted by Gasteiger charge is -2.08. The second-order valence-electron chi connectivity index (χ2n) is 4.18. The molecule has 7 heteroatoms. The van der Waals surface area contributed by atoms with Crippen molar-refractivity contribution in [2.75, 3.05) is 5.73 Å². The summed E-state index contributed by atoms with van der Waals surface area (Å²) in [5.41, 5.74) is 6.11. The molecule has 0 atom stereocenters. The van der Waals surface area contributed by atoms with E-state index in [4.69, 9.17) is 17.3 Å². The fourth-order valence-corrected chi connectivity index (χ4v) is 3.36. The van der Waals surface area contributed by atoms with Crippen molar-refractivity contribution in [2.45, 2.75) is 10.6 Å². The van der Waals surface area contributed by atoms with E-state index in [0.717, 1.165) is 12.1 Å². The first-order valence-electron chi connectivity index (χ1n) is 5.51. The van der Waals surface area contributed by atoms with Gasteiger partial charge in [-0.25, -0.2) is 17.2 Å². The van der Waals surface area contributed by atoms with Crippen LogP contribution in [0.5, 0.6) is 0 Å². The highest BCUT2D eigenvalue weighted by molar-refractivity contribution is 7.90. The minimum Gasteiger partial charge on any atom is -0.398 e. The number of hydrogen-bond acceptors (Lipinski definition) is 3. The van der Waals surface area contributed by atoms with Gasteiger partial charge in [-0.1, -0.05) is 17.7 Å². The quantitative estimate of drug-likeness (QED) is 0.884. The van der Waals surface area contributed by atoms with Gasteiger partial charge in [-0.05, 0) is 35.9 Å². The Morgan fingerprint density at radius 1 is 1.10 bits per heavy atom. The van der Waals surface area contributed by atoms with Gasteiger partial charge < -0.3 is 5.73 Å². The van der Waals surface area contributed by atoms with Crippen LogP contribution < -0.4 is 5.73 Å². The van der Waals surface area contributed by atoms with Gasteiger partial charge in [-0.3, -0.25) is 0 Å². The Morgan fingerprint density at radius 3 is 2.45 bits per heavy atom. The first-order valence-corrected chi connectivity index (χ1v) is 7.54. The van der Waals surface area contributed by atoms with Crippen molar-refractivity contribution >= 4 is 27.1 Å². The van der Waals surface area contributed by atoms with Gasteiger partial charge in [0.15, 0.2) is 9.84 Å². The average Bonchev–Trinajstić information content (AvgIpc) is 2.35. The van der Waals surface area contributed by atoms with Gasteiger partial charge in [0.2, 0.25) is 0 Å². The van der Waals surface area contributed by atoms with Crippen LogP contribution in [-0.2, 0) is 15.6 Å². The van der Waals surface area contributed by atoms with Gasteiger partial charge >= 0.3 is 0 Å². The van der Waals surface area contributed by atoms with Crippen molar-refractivity contribution in [3.05, 3.63) is 58.6 Å². The van der Waals surface area contributed by atoms with Crippen LogP contribution in [0.3, 0.4) is 0 Å². The molecule has 0 aromatic heterocycles. The number of hydrogen-bond donors (Lipinski definition) is 1. The number of nitrogens with two attached hydrogens (primary N) is 1. The Hall–Kier alpha value is -1.66. The second-order valence-corrected chi connectivity index (χ2v) is 6.57. The molecule has 0 radical (unpaired) electrons. The molecule has 0 aliphatic carbocycles. The predicted molar refractivity (Wildman–Crippen MR) is 73.1 cm³/mol. The number of sulfone groups is 1. The molecular weight excluding hydrogens is 308 g/mol. The van der Waals surface area contributed by atoms with E-state index < -0.39 is 32.1 Å². The van der Waals surface area contributed by atoms with Crippen LogP contribution >= 0.6 is 11.6 Å². The van der Waals surface area contributed by atoms with Crippen molar-refractivity contribution in [3.63, 3.8) is 0 Å². The summed E-state index contributed by atoms with van der Waals surface area (Å²) in [5.74, 6) is -2.36. The monoisotopic (exact) mass is 317 g/mol. The fraction of sp³-hybridized carbons (Fsp3) is 0.0769. The minimum absolute atomic E-state index is 0.179. The Labute approximate surface area is 119 Å². The normalized spacial score (nSPS) is 11.6. The van der Waals surface area contributed by atoms with Gasteiger partial charge in [0.1, 0.15) is 16.5 Å². The standard InChI is InChI=1S/C13H10ClF2NO2S/c14-9-2-1-8(12(17)5-9)7-20(18,19)13-6-10(15)3-4-11(13)16/h1-6H,7,17H2. The van der Waals surface area contributed by atoms with Gasteiger partial charge in [-0.15, -0.1) is 0 Å². The molecule has 3 nitrogen and oxygen atoms in total. The highest BCUT2D eigenvalue weighted by atomic mass is 35.5. The number of nitrogen functional groups attached to an aromatic ring is 1. The molecule has 106 valence electrons. The zero-order chi connectivity index (χ0) is 14.9. The zero-order valence-corrected chi connectivity index (χ0v) is 11.7. The maximum absolute atomic E-state index is 13.5. The number of benzene rings is 2. The summed E-state index contributed by atoms with van der Waals surface area (Å²) >= 11 is 5.71. The summed E-state index contributed by atoms with van der Waals surface area (Å²) in [5, 5.41) is 0.362. The molecule has 0 amide bonds. The number of rotatable bonds is 3. The van der Waals surface area contributed by atoms with Crippen LogP contribution in [0.4, 0.5) is 14.5 Å². The van der Waals surface area contributed by atoms with Crippen LogP contribution in [0.15, 0.2) is 41.3 Å². The first-order chi connectivity index (χ1) is 9.29. The molecule has 0 bridgehead atoms. The van der Waals surface area contributed by atoms with Crippen molar-refractivity contribution in [2.24, 2.45) is 0 Å². The summed E-state index contributed by atoms with van der Waals surface area (Å²) in [4.78, 5) is -0.688. The molecule has 0 aliphatic rings. The summed E-state index contributed by atoms with van der Waals surface area (Å²) in [6, 6.07) is 6.58. The maximum atomic E-state index is 13.5. The first kappa shape index (κ1) is 14.7. The van der Waals surface area contributed by atoms with E-state index in [1.165, 1.54) is 18.2 Å². The molecule has 0 heterocycles. The van der Waals surface area contributed by atoms with Crippen molar-refractivity contribution in [3.8, 4) is 0 Å². The topological polar surface area (TPSA) is 60.2 Å². The predicted octanol–water partition coefficient (Wildman–Crippen LogP) is 3.17. The Balaban J connectivity index is 2.43. The molecule has 2 aromatic rings. The SMILES string of the molecule is Nc1cc(Cl)ccc1CS(=O)(=O)c1cc(F)ccc1F. The summed E-state index contributed by atoms with van der Waals surface area (Å²) in [7, 11) is -4.04. The van der Waals surface area contributed by atoms with Crippen molar-refractivity contribution < 1.29 is 17.2 Å². The summed E-state index contributed by atoms with van der Waals surface area (Å²) in [6.07, 6.45) is 0. The lowest BCUT2D eigenvalue weighted by molar-refractivity contribution is 0.553. The van der Waals surface area contributed by atoms with Crippen LogP contribution in [0.1, 0.15) is 5.56 Å². The lowest BCUT2D eigenvalue weighted by Crippen LogP contribution is -2.09. The lowest BCUT2D eigenvalue weighted by atomic mass is 10.2. The molecule has 20 heavy (non-hydrogen) atoms. The molecule has 0 unspecified atom stereocenters. The highest BCUT2D eigenvalue weighted by Crippen LogP contribution is 2.25. The molecule has 0 saturated heterocycles. The Kier molecular flexibility index (Phi) is 3.96. The van der Waals surface area contributed by atoms with Gasteiger partial charge in [-0.2, -0.15) is 0 Å². The van der Waals surface area contributed by atoms with Crippen LogP contribution in [-0.4, -0.2) is 8.42 Å². The molecule has 0 saturated carbocycles. The van der Waals surface area contributed by atoms with Crippen molar-refractivity contribution in [1.29, 1.82) is 0 Å². The van der Waals surface area contributed by atoms with E-state index in [0.29, 0.717) is 11.1 Å². The van der Waals surface area contributed by atoms with Crippen LogP contribution in [0, 0.1) is 11.6 Å². The number of anilines is 1. The van der Waals surface area contributed by atoms with Gasteiger partial charge in [0, 0.05) is 10.7 Å². The molecule has 0 aliphatic heterocycles. The fourth-order valence-electron chi connectivity index (χ4n) is 1.70. The van der Waals surface area contributed by atoms with E-state index >= 15 is 0 Å². The van der Waals surface area contributed by atoms with Gasteiger partial charge in [0.25, 0.3) is 0 Å². The highest BCUT2D eigenvalue weighted by Gasteiger charge is 2.21. The van der Waals surface area contributed by atoms with Gasteiger partial charge in [0.05, 0.1) is 5.75 Å². The summed E-state index contributed by atoms with van der Waals surface area (Å²) < 4.78 is 50.8. The molecule has 2 N–H and O–H groups in total. The third kappa shape index (κ3) is 3.08. The largest absolute Gasteiger partial charge is 0.398 e. The Bertz CT molecular complexity index is 763. The second kappa shape index (κ2) is 5.38. The molecule has 2 aromatic carbocycles. The third-order valence-corrected chi connectivity index (χ3v) is 4.59. The minimum atomic E-state index is -4.04.